The van der Waals surface area contributed by atoms with Crippen molar-refractivity contribution in [3.05, 3.63) is 17.5 Å². The van der Waals surface area contributed by atoms with Gasteiger partial charge in [-0.25, -0.2) is 4.79 Å². The van der Waals surface area contributed by atoms with Crippen LogP contribution in [0, 0.1) is 0 Å². The molecule has 0 aromatic carbocycles. The molecule has 1 aromatic rings. The van der Waals surface area contributed by atoms with E-state index in [1.54, 1.807) is 6.92 Å². The minimum absolute atomic E-state index is 0.0624. The Balaban J connectivity index is 2.85. The van der Waals surface area contributed by atoms with Crippen LogP contribution < -0.4 is 5.73 Å². The van der Waals surface area contributed by atoms with Crippen molar-refractivity contribution in [3.63, 3.8) is 0 Å². The second-order valence-electron chi connectivity index (χ2n) is 2.72. The molecule has 2 unspecified atom stereocenters. The molecule has 0 saturated carbocycles. The van der Waals surface area contributed by atoms with Crippen LogP contribution in [0.5, 0.6) is 0 Å². The lowest BCUT2D eigenvalue weighted by molar-refractivity contribution is 0.0684. The molecule has 13 heavy (non-hydrogen) atoms. The van der Waals surface area contributed by atoms with Crippen molar-refractivity contribution >= 4 is 5.97 Å². The third-order valence-electron chi connectivity index (χ3n) is 1.54. The largest absolute Gasteiger partial charge is 0.476 e. The van der Waals surface area contributed by atoms with E-state index in [1.165, 1.54) is 0 Å². The van der Waals surface area contributed by atoms with Gasteiger partial charge in [0.2, 0.25) is 0 Å². The van der Waals surface area contributed by atoms with E-state index in [-0.39, 0.29) is 11.5 Å². The van der Waals surface area contributed by atoms with Gasteiger partial charge in [0.1, 0.15) is 6.10 Å². The first-order valence-corrected chi connectivity index (χ1v) is 3.66. The maximum Gasteiger partial charge on any atom is 0.358 e. The van der Waals surface area contributed by atoms with Crippen molar-refractivity contribution in [2.75, 3.05) is 0 Å². The maximum atomic E-state index is 10.4. The summed E-state index contributed by atoms with van der Waals surface area (Å²) in [6.07, 6.45) is -1.03. The number of aliphatic hydroxyl groups is 1. The average Bonchev–Trinajstić information content (AvgIpc) is 2.50. The Morgan fingerprint density at radius 3 is 2.77 bits per heavy atom. The van der Waals surface area contributed by atoms with Crippen molar-refractivity contribution in [1.29, 1.82) is 0 Å². The first kappa shape index (κ1) is 9.69. The molecule has 4 N–H and O–H groups in total. The summed E-state index contributed by atoms with van der Waals surface area (Å²) in [6.45, 7) is 1.58. The van der Waals surface area contributed by atoms with Gasteiger partial charge in [0.15, 0.2) is 11.5 Å². The zero-order valence-corrected chi connectivity index (χ0v) is 6.97. The van der Waals surface area contributed by atoms with Crippen molar-refractivity contribution < 1.29 is 19.5 Å². The molecule has 1 aromatic heterocycles. The fourth-order valence-electron chi connectivity index (χ4n) is 0.789. The van der Waals surface area contributed by atoms with Crippen LogP contribution >= 0.6 is 0 Å². The monoisotopic (exact) mass is 186 g/mol. The van der Waals surface area contributed by atoms with Gasteiger partial charge < -0.3 is 20.5 Å². The lowest BCUT2D eigenvalue weighted by Crippen LogP contribution is -2.23. The number of rotatable bonds is 3. The molecule has 0 amide bonds. The molecule has 0 aliphatic carbocycles. The van der Waals surface area contributed by atoms with E-state index < -0.39 is 18.1 Å². The van der Waals surface area contributed by atoms with Crippen LogP contribution in [0.15, 0.2) is 10.6 Å². The normalized spacial score (nSPS) is 15.3. The predicted octanol–water partition coefficient (Wildman–Crippen LogP) is -0.247. The summed E-state index contributed by atoms with van der Waals surface area (Å²) in [5, 5.41) is 21.1. The van der Waals surface area contributed by atoms with Gasteiger partial charge in [-0.2, -0.15) is 0 Å². The Bertz CT molecular complexity index is 307. The smallest absolute Gasteiger partial charge is 0.358 e. The molecule has 0 fully saturated rings. The molecule has 0 saturated heterocycles. The van der Waals surface area contributed by atoms with Gasteiger partial charge in [-0.3, -0.25) is 0 Å². The molecule has 0 aliphatic rings. The van der Waals surface area contributed by atoms with Crippen molar-refractivity contribution in [2.24, 2.45) is 5.73 Å². The molecule has 0 aliphatic heterocycles. The number of hydrogen-bond donors (Lipinski definition) is 3. The number of carbonyl (C=O) groups is 1. The topological polar surface area (TPSA) is 110 Å². The summed E-state index contributed by atoms with van der Waals surface area (Å²) < 4.78 is 4.59. The van der Waals surface area contributed by atoms with E-state index >= 15 is 0 Å². The summed E-state index contributed by atoms with van der Waals surface area (Å²) in [6, 6.07) is 0.616. The fraction of sp³-hybridized carbons (Fsp3) is 0.429. The first-order chi connectivity index (χ1) is 6.02. The molecule has 2 atom stereocenters. The molecule has 0 radical (unpaired) electrons. The molecule has 6 heteroatoms. The van der Waals surface area contributed by atoms with E-state index in [0.29, 0.717) is 0 Å². The number of nitrogens with zero attached hydrogens (tertiary/aromatic N) is 1. The summed E-state index contributed by atoms with van der Waals surface area (Å²) >= 11 is 0. The van der Waals surface area contributed by atoms with Crippen molar-refractivity contribution in [2.45, 2.75) is 19.1 Å². The summed E-state index contributed by atoms with van der Waals surface area (Å²) in [4.78, 5) is 10.4. The van der Waals surface area contributed by atoms with Gasteiger partial charge in [-0.1, -0.05) is 5.16 Å². The number of carboxylic acids is 1. The molecule has 0 bridgehead atoms. The van der Waals surface area contributed by atoms with Crippen LogP contribution in [0.1, 0.15) is 29.3 Å². The van der Waals surface area contributed by atoms with E-state index in [1.807, 2.05) is 0 Å². The first-order valence-electron chi connectivity index (χ1n) is 3.66. The van der Waals surface area contributed by atoms with Crippen LogP contribution in [0.4, 0.5) is 0 Å². The quantitative estimate of drug-likeness (QED) is 0.600. The zero-order chi connectivity index (χ0) is 10.0. The third-order valence-corrected chi connectivity index (χ3v) is 1.54. The number of aromatic carboxylic acids is 1. The summed E-state index contributed by atoms with van der Waals surface area (Å²) in [5.41, 5.74) is 5.13. The zero-order valence-electron chi connectivity index (χ0n) is 6.97. The highest BCUT2D eigenvalue weighted by atomic mass is 16.5. The fourth-order valence-corrected chi connectivity index (χ4v) is 0.789. The predicted molar refractivity (Wildman–Crippen MR) is 42.1 cm³/mol. The van der Waals surface area contributed by atoms with Crippen molar-refractivity contribution in [1.82, 2.24) is 5.16 Å². The summed E-state index contributed by atoms with van der Waals surface area (Å²) in [7, 11) is 0. The lowest BCUT2D eigenvalue weighted by Gasteiger charge is -2.09. The second kappa shape index (κ2) is 3.55. The van der Waals surface area contributed by atoms with Gasteiger partial charge in [0, 0.05) is 12.1 Å². The van der Waals surface area contributed by atoms with Crippen LogP contribution in [-0.4, -0.2) is 27.4 Å². The molecule has 1 rings (SSSR count). The van der Waals surface area contributed by atoms with Gasteiger partial charge in [-0.15, -0.1) is 0 Å². The molecule has 0 spiro atoms. The van der Waals surface area contributed by atoms with E-state index in [9.17, 15) is 9.90 Å². The maximum absolute atomic E-state index is 10.4. The average molecular weight is 186 g/mol. The molecular weight excluding hydrogens is 176 g/mol. The minimum Gasteiger partial charge on any atom is -0.476 e. The highest BCUT2D eigenvalue weighted by Crippen LogP contribution is 2.16. The Kier molecular flexibility index (Phi) is 2.64. The molecule has 72 valence electrons. The van der Waals surface area contributed by atoms with Crippen LogP contribution in [0.25, 0.3) is 0 Å². The van der Waals surface area contributed by atoms with Crippen LogP contribution in [0.2, 0.25) is 0 Å². The van der Waals surface area contributed by atoms with Crippen LogP contribution in [-0.2, 0) is 0 Å². The van der Waals surface area contributed by atoms with Gasteiger partial charge in [0.25, 0.3) is 0 Å². The van der Waals surface area contributed by atoms with E-state index in [0.717, 1.165) is 6.07 Å². The Morgan fingerprint density at radius 2 is 2.38 bits per heavy atom. The van der Waals surface area contributed by atoms with E-state index in [2.05, 4.69) is 9.68 Å². The Morgan fingerprint density at radius 1 is 1.77 bits per heavy atom. The highest BCUT2D eigenvalue weighted by molar-refractivity contribution is 5.85. The molecule has 6 nitrogen and oxygen atoms in total. The lowest BCUT2D eigenvalue weighted by atomic mass is 10.1. The van der Waals surface area contributed by atoms with E-state index in [4.69, 9.17) is 10.8 Å². The number of carboxylic acid groups (broad SMARTS) is 1. The second-order valence-corrected chi connectivity index (χ2v) is 2.72. The van der Waals surface area contributed by atoms with Gasteiger partial charge >= 0.3 is 5.97 Å². The number of hydrogen-bond acceptors (Lipinski definition) is 5. The van der Waals surface area contributed by atoms with Crippen molar-refractivity contribution in [3.8, 4) is 0 Å². The number of aromatic nitrogens is 1. The standard InChI is InChI=1S/C7H10N2O4/c1-3(8)6(10)5-2-4(7(11)12)9-13-5/h2-3,6,10H,8H2,1H3,(H,11,12). The van der Waals surface area contributed by atoms with Crippen LogP contribution in [0.3, 0.4) is 0 Å². The SMILES string of the molecule is CC(N)C(O)c1cc(C(=O)O)no1. The number of nitrogens with two attached hydrogens (primary N) is 1. The molecule has 1 heterocycles. The minimum atomic E-state index is -1.20. The number of aliphatic hydroxyl groups excluding tert-OH is 1. The highest BCUT2D eigenvalue weighted by Gasteiger charge is 2.19. The van der Waals surface area contributed by atoms with Gasteiger partial charge in [0.05, 0.1) is 0 Å². The summed E-state index contributed by atoms with van der Waals surface area (Å²) in [5.74, 6) is -1.14. The third kappa shape index (κ3) is 2.04. The Labute approximate surface area is 73.9 Å². The molecular formula is C7H10N2O4. The van der Waals surface area contributed by atoms with Gasteiger partial charge in [-0.05, 0) is 6.92 Å². The Hall–Kier alpha value is -1.40.